The summed E-state index contributed by atoms with van der Waals surface area (Å²) in [7, 11) is 0. The second-order valence-electron chi connectivity index (χ2n) is 14.0. The first-order valence-corrected chi connectivity index (χ1v) is 13.2. The van der Waals surface area contributed by atoms with Crippen LogP contribution in [-0.4, -0.2) is 17.2 Å². The molecule has 0 amide bonds. The number of carbonyl (C=O) groups is 2. The van der Waals surface area contributed by atoms with Crippen LogP contribution in [0.5, 0.6) is 23.0 Å². The summed E-state index contributed by atoms with van der Waals surface area (Å²) in [5.41, 5.74) is 1.16. The summed E-state index contributed by atoms with van der Waals surface area (Å²) in [4.78, 5) is 25.4. The highest BCUT2D eigenvalue weighted by atomic mass is 16.7. The maximum Gasteiger partial charge on any atom is 0.519 e. The molecule has 0 spiro atoms. The topological polar surface area (TPSA) is 82.1 Å². The van der Waals surface area contributed by atoms with Gasteiger partial charge in [0.15, 0.2) is 0 Å². The Kier molecular flexibility index (Phi) is 8.72. The van der Waals surface area contributed by atoms with Gasteiger partial charge in [-0.15, -0.1) is 0 Å². The van der Waals surface area contributed by atoms with Crippen molar-refractivity contribution in [2.45, 2.75) is 118 Å². The molecule has 6 heteroatoms. The van der Waals surface area contributed by atoms with E-state index in [0.29, 0.717) is 28.4 Å². The fraction of sp³-hybridized carbons (Fsp3) is 0.562. The Bertz CT molecular complexity index is 1160. The Morgan fingerprint density at radius 1 is 0.632 bits per heavy atom. The smallest absolute Gasteiger partial charge is 0.508 e. The van der Waals surface area contributed by atoms with Crippen LogP contribution in [-0.2, 0) is 26.5 Å². The summed E-state index contributed by atoms with van der Waals surface area (Å²) in [6.45, 7) is 25.7. The third-order valence-corrected chi connectivity index (χ3v) is 6.29. The summed E-state index contributed by atoms with van der Waals surface area (Å²) in [6.07, 6.45) is -0.630. The standard InChI is InChI=1S/C32H46O6/c1-14-26(34)36-19-15-22(31(8,9)10)27(23(16-19)32(11,12)13)38-28(35)37-25-18-20(29(2,3)4)24(33)17-21(25)30(5,6)7/h15-18,33H,14H2,1-13H3. The van der Waals surface area contributed by atoms with E-state index < -0.39 is 22.4 Å². The Labute approximate surface area is 228 Å². The second-order valence-corrected chi connectivity index (χ2v) is 14.0. The molecule has 0 fully saturated rings. The lowest BCUT2D eigenvalue weighted by atomic mass is 9.79. The zero-order chi connectivity index (χ0) is 29.4. The van der Waals surface area contributed by atoms with Gasteiger partial charge in [-0.1, -0.05) is 90.0 Å². The van der Waals surface area contributed by atoms with Crippen molar-refractivity contribution >= 4 is 12.1 Å². The maximum absolute atomic E-state index is 13.4. The number of ether oxygens (including phenoxy) is 3. The molecule has 0 aliphatic rings. The molecule has 1 N–H and O–H groups in total. The molecule has 0 radical (unpaired) electrons. The van der Waals surface area contributed by atoms with Gasteiger partial charge < -0.3 is 19.3 Å². The van der Waals surface area contributed by atoms with Crippen molar-refractivity contribution < 1.29 is 28.9 Å². The predicted octanol–water partition coefficient (Wildman–Crippen LogP) is 8.48. The highest BCUT2D eigenvalue weighted by Crippen LogP contribution is 2.44. The van der Waals surface area contributed by atoms with Crippen molar-refractivity contribution in [1.82, 2.24) is 0 Å². The number of carbonyl (C=O) groups excluding carboxylic acids is 2. The molecule has 0 unspecified atom stereocenters. The van der Waals surface area contributed by atoms with Crippen LogP contribution in [0.25, 0.3) is 0 Å². The molecule has 0 saturated carbocycles. The molecular formula is C32H46O6. The van der Waals surface area contributed by atoms with E-state index in [4.69, 9.17) is 14.2 Å². The number of benzene rings is 2. The van der Waals surface area contributed by atoms with Gasteiger partial charge in [0.05, 0.1) is 0 Å². The lowest BCUT2D eigenvalue weighted by Gasteiger charge is -2.30. The van der Waals surface area contributed by atoms with E-state index in [-0.39, 0.29) is 23.6 Å². The van der Waals surface area contributed by atoms with E-state index in [9.17, 15) is 14.7 Å². The Balaban J connectivity index is 2.66. The molecule has 0 aliphatic carbocycles. The summed E-state index contributed by atoms with van der Waals surface area (Å²) < 4.78 is 17.4. The van der Waals surface area contributed by atoms with Crippen molar-refractivity contribution in [2.24, 2.45) is 0 Å². The largest absolute Gasteiger partial charge is 0.519 e. The molecule has 0 atom stereocenters. The fourth-order valence-corrected chi connectivity index (χ4v) is 4.12. The molecule has 0 bridgehead atoms. The van der Waals surface area contributed by atoms with Crippen LogP contribution in [0.15, 0.2) is 24.3 Å². The second kappa shape index (κ2) is 10.6. The molecular weight excluding hydrogens is 480 g/mol. The van der Waals surface area contributed by atoms with Gasteiger partial charge in [-0.2, -0.15) is 0 Å². The zero-order valence-electron chi connectivity index (χ0n) is 25.5. The van der Waals surface area contributed by atoms with E-state index >= 15 is 0 Å². The molecule has 2 aromatic carbocycles. The minimum absolute atomic E-state index is 0.158. The van der Waals surface area contributed by atoms with Gasteiger partial charge in [0.1, 0.15) is 23.0 Å². The van der Waals surface area contributed by atoms with Gasteiger partial charge in [-0.3, -0.25) is 4.79 Å². The van der Waals surface area contributed by atoms with E-state index in [1.54, 1.807) is 31.2 Å². The normalized spacial score (nSPS) is 12.8. The molecule has 38 heavy (non-hydrogen) atoms. The zero-order valence-corrected chi connectivity index (χ0v) is 25.5. The first-order valence-electron chi connectivity index (χ1n) is 13.2. The van der Waals surface area contributed by atoms with Crippen molar-refractivity contribution in [3.05, 3.63) is 46.5 Å². The first-order chi connectivity index (χ1) is 17.1. The van der Waals surface area contributed by atoms with Crippen molar-refractivity contribution in [2.75, 3.05) is 0 Å². The van der Waals surface area contributed by atoms with Gasteiger partial charge in [0.25, 0.3) is 0 Å². The average Bonchev–Trinajstić information content (AvgIpc) is 2.72. The molecule has 210 valence electrons. The number of rotatable bonds is 4. The van der Waals surface area contributed by atoms with Crippen molar-refractivity contribution in [3.8, 4) is 23.0 Å². The number of hydrogen-bond donors (Lipinski definition) is 1. The van der Waals surface area contributed by atoms with E-state index in [1.165, 1.54) is 0 Å². The third kappa shape index (κ3) is 7.52. The lowest BCUT2D eigenvalue weighted by molar-refractivity contribution is -0.134. The monoisotopic (exact) mass is 526 g/mol. The van der Waals surface area contributed by atoms with Crippen LogP contribution in [0.2, 0.25) is 0 Å². The minimum atomic E-state index is -0.879. The number of hydrogen-bond acceptors (Lipinski definition) is 6. The molecule has 0 aliphatic heterocycles. The van der Waals surface area contributed by atoms with Gasteiger partial charge in [0.2, 0.25) is 0 Å². The SMILES string of the molecule is CCC(=O)Oc1cc(C(C)(C)C)c(OC(=O)Oc2cc(C(C)(C)C)c(O)cc2C(C)(C)C)c(C(C)(C)C)c1. The molecule has 0 saturated heterocycles. The number of phenols is 1. The minimum Gasteiger partial charge on any atom is -0.508 e. The third-order valence-electron chi connectivity index (χ3n) is 6.29. The highest BCUT2D eigenvalue weighted by molar-refractivity contribution is 5.74. The Morgan fingerprint density at radius 2 is 1.08 bits per heavy atom. The molecule has 0 heterocycles. The van der Waals surface area contributed by atoms with Crippen LogP contribution in [0.4, 0.5) is 4.79 Å². The summed E-state index contributed by atoms with van der Waals surface area (Å²) in [5, 5.41) is 10.7. The van der Waals surface area contributed by atoms with Crippen LogP contribution < -0.4 is 14.2 Å². The molecule has 2 aromatic rings. The van der Waals surface area contributed by atoms with Crippen LogP contribution >= 0.6 is 0 Å². The predicted molar refractivity (Wildman–Crippen MR) is 152 cm³/mol. The number of aromatic hydroxyl groups is 1. The van der Waals surface area contributed by atoms with Gasteiger partial charge in [-0.05, 0) is 45.9 Å². The van der Waals surface area contributed by atoms with Gasteiger partial charge in [-0.25, -0.2) is 4.79 Å². The molecule has 6 nitrogen and oxygen atoms in total. The van der Waals surface area contributed by atoms with Gasteiger partial charge >= 0.3 is 12.1 Å². The van der Waals surface area contributed by atoms with E-state index in [2.05, 4.69) is 0 Å². The Hall–Kier alpha value is -3.02. The number of esters is 1. The number of phenolic OH excluding ortho intramolecular Hbond substituents is 1. The summed E-state index contributed by atoms with van der Waals surface area (Å²) >= 11 is 0. The fourth-order valence-electron chi connectivity index (χ4n) is 4.12. The van der Waals surface area contributed by atoms with E-state index in [1.807, 2.05) is 83.1 Å². The van der Waals surface area contributed by atoms with E-state index in [0.717, 1.165) is 11.1 Å². The summed E-state index contributed by atoms with van der Waals surface area (Å²) in [5.74, 6) is 0.961. The molecule has 2 rings (SSSR count). The maximum atomic E-state index is 13.4. The van der Waals surface area contributed by atoms with Crippen LogP contribution in [0, 0.1) is 0 Å². The van der Waals surface area contributed by atoms with Gasteiger partial charge in [0, 0.05) is 28.7 Å². The van der Waals surface area contributed by atoms with Crippen molar-refractivity contribution in [1.29, 1.82) is 0 Å². The Morgan fingerprint density at radius 3 is 1.47 bits per heavy atom. The first kappa shape index (κ1) is 31.2. The van der Waals surface area contributed by atoms with Crippen LogP contribution in [0.1, 0.15) is 119 Å². The van der Waals surface area contributed by atoms with Crippen molar-refractivity contribution in [3.63, 3.8) is 0 Å². The average molecular weight is 527 g/mol. The van der Waals surface area contributed by atoms with Crippen LogP contribution in [0.3, 0.4) is 0 Å². The summed E-state index contributed by atoms with van der Waals surface area (Å²) in [6, 6.07) is 6.90. The highest BCUT2D eigenvalue weighted by Gasteiger charge is 2.32. The lowest BCUT2D eigenvalue weighted by Crippen LogP contribution is -2.25. The quantitative estimate of drug-likeness (QED) is 0.244. The molecule has 0 aromatic heterocycles.